The minimum atomic E-state index is -0.627. The number of rotatable bonds is 5. The van der Waals surface area contributed by atoms with Gasteiger partial charge in [0.1, 0.15) is 11.1 Å². The number of amidine groups is 1. The first-order valence-electron chi connectivity index (χ1n) is 9.89. The zero-order valence-electron chi connectivity index (χ0n) is 16.9. The maximum Gasteiger partial charge on any atom is 0.238 e. The van der Waals surface area contributed by atoms with E-state index in [0.717, 1.165) is 10.0 Å². The third-order valence-corrected chi connectivity index (χ3v) is 6.50. The van der Waals surface area contributed by atoms with Crippen molar-refractivity contribution in [1.82, 2.24) is 4.90 Å². The van der Waals surface area contributed by atoms with Gasteiger partial charge in [0.25, 0.3) is 0 Å². The van der Waals surface area contributed by atoms with Crippen LogP contribution in [-0.2, 0) is 16.1 Å². The molecule has 0 bridgehead atoms. The molecular formula is C24H19BrFN3O2S. The van der Waals surface area contributed by atoms with Crippen LogP contribution in [0, 0.1) is 5.82 Å². The Morgan fingerprint density at radius 2 is 1.75 bits per heavy atom. The first-order valence-corrected chi connectivity index (χ1v) is 11.6. The largest absolute Gasteiger partial charge is 0.325 e. The fourth-order valence-electron chi connectivity index (χ4n) is 3.14. The van der Waals surface area contributed by atoms with Gasteiger partial charge in [-0.3, -0.25) is 14.5 Å². The van der Waals surface area contributed by atoms with Gasteiger partial charge in [-0.25, -0.2) is 9.38 Å². The van der Waals surface area contributed by atoms with Crippen LogP contribution in [0.1, 0.15) is 12.0 Å². The fourth-order valence-corrected chi connectivity index (χ4v) is 4.51. The number of hydrogen-bond donors (Lipinski definition) is 1. The van der Waals surface area contributed by atoms with E-state index in [-0.39, 0.29) is 24.1 Å². The van der Waals surface area contributed by atoms with Crippen molar-refractivity contribution in [2.45, 2.75) is 18.2 Å². The summed E-state index contributed by atoms with van der Waals surface area (Å²) in [5, 5.41) is 2.64. The number of amides is 2. The monoisotopic (exact) mass is 511 g/mol. The summed E-state index contributed by atoms with van der Waals surface area (Å²) in [6, 6.07) is 22.5. The second kappa shape index (κ2) is 10.1. The summed E-state index contributed by atoms with van der Waals surface area (Å²) in [4.78, 5) is 32.1. The summed E-state index contributed by atoms with van der Waals surface area (Å²) < 4.78 is 14.2. The van der Waals surface area contributed by atoms with E-state index in [1.165, 1.54) is 23.9 Å². The number of carbonyl (C=O) groups is 2. The van der Waals surface area contributed by atoms with E-state index in [0.29, 0.717) is 23.1 Å². The quantitative estimate of drug-likeness (QED) is 0.474. The highest BCUT2D eigenvalue weighted by Gasteiger charge is 2.36. The Morgan fingerprint density at radius 3 is 2.44 bits per heavy atom. The van der Waals surface area contributed by atoms with Crippen LogP contribution in [0.5, 0.6) is 0 Å². The highest BCUT2D eigenvalue weighted by molar-refractivity contribution is 9.10. The fraction of sp³-hybridized carbons (Fsp3) is 0.125. The van der Waals surface area contributed by atoms with Crippen LogP contribution in [0.4, 0.5) is 15.8 Å². The lowest BCUT2D eigenvalue weighted by molar-refractivity contribution is -0.129. The molecule has 3 aromatic rings. The van der Waals surface area contributed by atoms with Gasteiger partial charge >= 0.3 is 0 Å². The lowest BCUT2D eigenvalue weighted by Gasteiger charge is -2.32. The van der Waals surface area contributed by atoms with Crippen molar-refractivity contribution in [2.75, 3.05) is 5.32 Å². The van der Waals surface area contributed by atoms with Crippen LogP contribution in [0.2, 0.25) is 0 Å². The van der Waals surface area contributed by atoms with Crippen LogP contribution in [0.3, 0.4) is 0 Å². The van der Waals surface area contributed by atoms with E-state index in [9.17, 15) is 14.0 Å². The van der Waals surface area contributed by atoms with E-state index in [4.69, 9.17) is 0 Å². The van der Waals surface area contributed by atoms with E-state index in [1.54, 1.807) is 29.2 Å². The molecule has 1 fully saturated rings. The van der Waals surface area contributed by atoms with Gasteiger partial charge in [0.05, 0.1) is 12.2 Å². The number of aliphatic imine (C=N–C) groups is 1. The summed E-state index contributed by atoms with van der Waals surface area (Å²) in [5.74, 6) is -0.824. The predicted octanol–water partition coefficient (Wildman–Crippen LogP) is 5.75. The van der Waals surface area contributed by atoms with Crippen LogP contribution in [0.25, 0.3) is 0 Å². The third kappa shape index (κ3) is 5.63. The van der Waals surface area contributed by atoms with Gasteiger partial charge < -0.3 is 5.32 Å². The first-order chi connectivity index (χ1) is 15.5. The molecule has 1 atom stereocenters. The van der Waals surface area contributed by atoms with E-state index < -0.39 is 5.25 Å². The molecule has 8 heteroatoms. The summed E-state index contributed by atoms with van der Waals surface area (Å²) >= 11 is 4.60. The van der Waals surface area contributed by atoms with Crippen molar-refractivity contribution >= 4 is 56.0 Å². The summed E-state index contributed by atoms with van der Waals surface area (Å²) in [5.41, 5.74) is 2.11. The van der Waals surface area contributed by atoms with Crippen molar-refractivity contribution in [3.05, 3.63) is 94.7 Å². The van der Waals surface area contributed by atoms with Crippen molar-refractivity contribution in [2.24, 2.45) is 4.99 Å². The molecule has 1 unspecified atom stereocenters. The molecule has 1 heterocycles. The number of nitrogens with zero attached hydrogens (tertiary/aromatic N) is 2. The van der Waals surface area contributed by atoms with Crippen molar-refractivity contribution < 1.29 is 14.0 Å². The molecule has 1 aliphatic rings. The average Bonchev–Trinajstić information content (AvgIpc) is 2.79. The molecule has 1 aliphatic heterocycles. The number of halogens is 2. The van der Waals surface area contributed by atoms with Gasteiger partial charge in [-0.15, -0.1) is 0 Å². The third-order valence-electron chi connectivity index (χ3n) is 4.78. The standard InChI is InChI=1S/C24H19BrFN3O2S/c25-17-6-10-19(11-7-17)27-23(31)21-14-22(30)29(15-16-4-2-1-3-5-16)24(32-21)28-20-12-8-18(26)9-13-20/h1-13,21H,14-15H2,(H,27,31). The zero-order chi connectivity index (χ0) is 22.5. The Hall–Kier alpha value is -2.97. The summed E-state index contributed by atoms with van der Waals surface area (Å²) in [6.45, 7) is 0.341. The second-order valence-corrected chi connectivity index (χ2v) is 9.23. The van der Waals surface area contributed by atoms with E-state index >= 15 is 0 Å². The molecule has 1 saturated heterocycles. The molecule has 3 aromatic carbocycles. The highest BCUT2D eigenvalue weighted by Crippen LogP contribution is 2.31. The predicted molar refractivity (Wildman–Crippen MR) is 129 cm³/mol. The molecule has 162 valence electrons. The molecule has 4 rings (SSSR count). The number of nitrogens with one attached hydrogen (secondary N) is 1. The van der Waals surface area contributed by atoms with Crippen LogP contribution < -0.4 is 5.32 Å². The molecule has 0 saturated carbocycles. The minimum Gasteiger partial charge on any atom is -0.325 e. The minimum absolute atomic E-state index is 0.0578. The van der Waals surface area contributed by atoms with E-state index in [2.05, 4.69) is 26.2 Å². The maximum absolute atomic E-state index is 13.3. The molecule has 0 aromatic heterocycles. The van der Waals surface area contributed by atoms with Crippen molar-refractivity contribution in [3.63, 3.8) is 0 Å². The van der Waals surface area contributed by atoms with Gasteiger partial charge in [0.2, 0.25) is 11.8 Å². The molecule has 0 spiro atoms. The molecule has 1 N–H and O–H groups in total. The van der Waals surface area contributed by atoms with Crippen molar-refractivity contribution in [1.29, 1.82) is 0 Å². The first kappa shape index (κ1) is 22.2. The van der Waals surface area contributed by atoms with Gasteiger partial charge in [-0.05, 0) is 54.1 Å². The lowest BCUT2D eigenvalue weighted by Crippen LogP contribution is -2.44. The van der Waals surface area contributed by atoms with Gasteiger partial charge in [-0.2, -0.15) is 0 Å². The number of benzene rings is 3. The van der Waals surface area contributed by atoms with Crippen LogP contribution >= 0.6 is 27.7 Å². The normalized spacial score (nSPS) is 17.4. The summed E-state index contributed by atoms with van der Waals surface area (Å²) in [7, 11) is 0. The smallest absolute Gasteiger partial charge is 0.238 e. The topological polar surface area (TPSA) is 61.8 Å². The molecule has 32 heavy (non-hydrogen) atoms. The Bertz CT molecular complexity index is 1140. The molecule has 2 amide bonds. The molecular weight excluding hydrogens is 493 g/mol. The average molecular weight is 512 g/mol. The van der Waals surface area contributed by atoms with Gasteiger partial charge in [0.15, 0.2) is 5.17 Å². The van der Waals surface area contributed by atoms with Gasteiger partial charge in [-0.1, -0.05) is 58.0 Å². The molecule has 0 aliphatic carbocycles. The Morgan fingerprint density at radius 1 is 1.06 bits per heavy atom. The number of carbonyl (C=O) groups excluding carboxylic acids is 2. The van der Waals surface area contributed by atoms with Crippen molar-refractivity contribution in [3.8, 4) is 0 Å². The SMILES string of the molecule is O=C(Nc1ccc(Br)cc1)C1CC(=O)N(Cc2ccccc2)C(=Nc2ccc(F)cc2)S1. The van der Waals surface area contributed by atoms with Crippen LogP contribution in [-0.4, -0.2) is 27.1 Å². The van der Waals surface area contributed by atoms with Crippen LogP contribution in [0.15, 0.2) is 88.3 Å². The lowest BCUT2D eigenvalue weighted by atomic mass is 10.2. The van der Waals surface area contributed by atoms with E-state index in [1.807, 2.05) is 42.5 Å². The maximum atomic E-state index is 13.3. The molecule has 0 radical (unpaired) electrons. The Balaban J connectivity index is 1.58. The highest BCUT2D eigenvalue weighted by atomic mass is 79.9. The number of hydrogen-bond acceptors (Lipinski definition) is 4. The Labute approximate surface area is 197 Å². The Kier molecular flexibility index (Phi) is 7.02. The second-order valence-electron chi connectivity index (χ2n) is 7.14. The molecule has 5 nitrogen and oxygen atoms in total. The number of anilines is 1. The zero-order valence-corrected chi connectivity index (χ0v) is 19.3. The van der Waals surface area contributed by atoms with Gasteiger partial charge in [0, 0.05) is 16.6 Å². The number of thioether (sulfide) groups is 1. The summed E-state index contributed by atoms with van der Waals surface area (Å²) in [6.07, 6.45) is 0.0578.